The van der Waals surface area contributed by atoms with E-state index in [0.717, 1.165) is 0 Å². The van der Waals surface area contributed by atoms with E-state index >= 15 is 0 Å². The maximum Gasteiger partial charge on any atom is 0.153 e. The molecule has 0 aliphatic rings. The third-order valence-electron chi connectivity index (χ3n) is 1.60. The number of methoxy groups -OCH3 is 1. The van der Waals surface area contributed by atoms with Gasteiger partial charge >= 0.3 is 0 Å². The summed E-state index contributed by atoms with van der Waals surface area (Å²) in [5, 5.41) is 17.9. The molecule has 0 bridgehead atoms. The first-order valence-corrected chi connectivity index (χ1v) is 3.49. The Hall–Kier alpha value is -2.02. The monoisotopic (exact) mass is 177 g/mol. The zero-order valence-corrected chi connectivity index (χ0v) is 6.94. The maximum absolute atomic E-state index is 10.4. The van der Waals surface area contributed by atoms with Crippen LogP contribution in [0.2, 0.25) is 0 Å². The minimum absolute atomic E-state index is 0.0809. The van der Waals surface area contributed by atoms with Gasteiger partial charge in [0.2, 0.25) is 0 Å². The van der Waals surface area contributed by atoms with Gasteiger partial charge in [0.15, 0.2) is 6.29 Å². The Balaban J connectivity index is 3.36. The molecule has 4 heteroatoms. The number of hydrogen-bond acceptors (Lipinski definition) is 4. The van der Waals surface area contributed by atoms with Crippen molar-refractivity contribution in [1.29, 1.82) is 5.26 Å². The molecular weight excluding hydrogens is 170 g/mol. The van der Waals surface area contributed by atoms with E-state index in [0.29, 0.717) is 6.29 Å². The summed E-state index contributed by atoms with van der Waals surface area (Å²) in [5.74, 6) is 0.0662. The Bertz CT molecular complexity index is 379. The number of carbonyl (C=O) groups is 1. The van der Waals surface area contributed by atoms with Crippen LogP contribution in [0.15, 0.2) is 12.1 Å². The van der Waals surface area contributed by atoms with Gasteiger partial charge in [0, 0.05) is 6.07 Å². The zero-order chi connectivity index (χ0) is 9.84. The van der Waals surface area contributed by atoms with E-state index in [2.05, 4.69) is 0 Å². The summed E-state index contributed by atoms with van der Waals surface area (Å²) < 4.78 is 4.82. The van der Waals surface area contributed by atoms with Crippen molar-refractivity contribution < 1.29 is 14.6 Å². The lowest BCUT2D eigenvalue weighted by Gasteiger charge is -2.04. The van der Waals surface area contributed by atoms with E-state index in [9.17, 15) is 9.90 Å². The zero-order valence-electron chi connectivity index (χ0n) is 6.94. The van der Waals surface area contributed by atoms with Gasteiger partial charge in [0.25, 0.3) is 0 Å². The third kappa shape index (κ3) is 1.59. The van der Waals surface area contributed by atoms with E-state index in [-0.39, 0.29) is 22.6 Å². The van der Waals surface area contributed by atoms with Crippen molar-refractivity contribution in [3.8, 4) is 17.6 Å². The van der Waals surface area contributed by atoms with Crippen LogP contribution in [0.3, 0.4) is 0 Å². The standard InChI is InChI=1S/C9H7NO3/c1-13-9-3-8(12)7(5-11)2-6(9)4-10/h2-3,5,12H,1H3. The van der Waals surface area contributed by atoms with Gasteiger partial charge in [-0.3, -0.25) is 4.79 Å². The molecule has 0 atom stereocenters. The minimum Gasteiger partial charge on any atom is -0.507 e. The van der Waals surface area contributed by atoms with Crippen LogP contribution < -0.4 is 4.74 Å². The molecule has 0 aromatic heterocycles. The van der Waals surface area contributed by atoms with Gasteiger partial charge in [0.1, 0.15) is 17.6 Å². The molecule has 0 aliphatic carbocycles. The fourth-order valence-electron chi connectivity index (χ4n) is 0.936. The molecule has 0 amide bonds. The van der Waals surface area contributed by atoms with E-state index in [4.69, 9.17) is 10.00 Å². The molecule has 0 fully saturated rings. The van der Waals surface area contributed by atoms with Crippen molar-refractivity contribution in [1.82, 2.24) is 0 Å². The molecular formula is C9H7NO3. The molecule has 4 nitrogen and oxygen atoms in total. The number of aromatic hydroxyl groups is 1. The number of rotatable bonds is 2. The molecule has 0 radical (unpaired) electrons. The van der Waals surface area contributed by atoms with Crippen LogP contribution >= 0.6 is 0 Å². The van der Waals surface area contributed by atoms with Gasteiger partial charge in [0.05, 0.1) is 18.2 Å². The van der Waals surface area contributed by atoms with E-state index in [1.807, 2.05) is 6.07 Å². The van der Waals surface area contributed by atoms with Crippen molar-refractivity contribution in [2.24, 2.45) is 0 Å². The summed E-state index contributed by atoms with van der Waals surface area (Å²) in [4.78, 5) is 10.4. The van der Waals surface area contributed by atoms with E-state index in [1.54, 1.807) is 0 Å². The number of carbonyl (C=O) groups excluding carboxylic acids is 1. The van der Waals surface area contributed by atoms with Gasteiger partial charge < -0.3 is 9.84 Å². The predicted octanol–water partition coefficient (Wildman–Crippen LogP) is 1.08. The van der Waals surface area contributed by atoms with Crippen LogP contribution in [0.4, 0.5) is 0 Å². The van der Waals surface area contributed by atoms with Gasteiger partial charge in [-0.15, -0.1) is 0 Å². The fraction of sp³-hybridized carbons (Fsp3) is 0.111. The third-order valence-corrected chi connectivity index (χ3v) is 1.60. The smallest absolute Gasteiger partial charge is 0.153 e. The van der Waals surface area contributed by atoms with Crippen LogP contribution in [0, 0.1) is 11.3 Å². The van der Waals surface area contributed by atoms with Crippen molar-refractivity contribution in [3.63, 3.8) is 0 Å². The highest BCUT2D eigenvalue weighted by molar-refractivity contribution is 5.80. The van der Waals surface area contributed by atoms with Crippen LogP contribution in [0.25, 0.3) is 0 Å². The van der Waals surface area contributed by atoms with Gasteiger partial charge in [-0.2, -0.15) is 5.26 Å². The Labute approximate surface area is 75.0 Å². The van der Waals surface area contributed by atoms with Crippen molar-refractivity contribution in [2.45, 2.75) is 0 Å². The lowest BCUT2D eigenvalue weighted by atomic mass is 10.1. The molecule has 0 heterocycles. The van der Waals surface area contributed by atoms with Crippen molar-refractivity contribution in [2.75, 3.05) is 7.11 Å². The maximum atomic E-state index is 10.4. The SMILES string of the molecule is COc1cc(O)c(C=O)cc1C#N. The molecule has 1 aromatic rings. The second kappa shape index (κ2) is 3.59. The first-order valence-electron chi connectivity index (χ1n) is 3.49. The highest BCUT2D eigenvalue weighted by atomic mass is 16.5. The molecule has 0 aliphatic heterocycles. The number of hydrogen-bond donors (Lipinski definition) is 1. The molecule has 66 valence electrons. The average molecular weight is 177 g/mol. The van der Waals surface area contributed by atoms with E-state index < -0.39 is 0 Å². The molecule has 0 saturated carbocycles. The summed E-state index contributed by atoms with van der Waals surface area (Å²) in [5.41, 5.74) is 0.305. The first-order chi connectivity index (χ1) is 6.22. The summed E-state index contributed by atoms with van der Waals surface area (Å²) in [6, 6.07) is 4.37. The lowest BCUT2D eigenvalue weighted by molar-refractivity contribution is 0.112. The Morgan fingerprint density at radius 3 is 2.77 bits per heavy atom. The number of phenols is 1. The summed E-state index contributed by atoms with van der Waals surface area (Å²) in [7, 11) is 1.39. The summed E-state index contributed by atoms with van der Waals surface area (Å²) in [6.07, 6.45) is 0.482. The fourth-order valence-corrected chi connectivity index (χ4v) is 0.936. The average Bonchev–Trinajstić information content (AvgIpc) is 2.17. The molecule has 1 N–H and O–H groups in total. The molecule has 13 heavy (non-hydrogen) atoms. The van der Waals surface area contributed by atoms with Crippen LogP contribution in [0.1, 0.15) is 15.9 Å². The van der Waals surface area contributed by atoms with Crippen LogP contribution in [-0.2, 0) is 0 Å². The first kappa shape index (κ1) is 9.07. The minimum atomic E-state index is -0.189. The second-order valence-electron chi connectivity index (χ2n) is 2.34. The van der Waals surface area contributed by atoms with Gasteiger partial charge in [-0.25, -0.2) is 0 Å². The Kier molecular flexibility index (Phi) is 2.50. The number of ether oxygens (including phenoxy) is 1. The number of nitrogens with zero attached hydrogens (tertiary/aromatic N) is 1. The van der Waals surface area contributed by atoms with Gasteiger partial charge in [-0.1, -0.05) is 0 Å². The number of aldehydes is 1. The quantitative estimate of drug-likeness (QED) is 0.686. The predicted molar refractivity (Wildman–Crippen MR) is 44.8 cm³/mol. The number of phenolic OH excluding ortho intramolecular Hbond substituents is 1. The molecule has 0 spiro atoms. The Morgan fingerprint density at radius 2 is 2.31 bits per heavy atom. The van der Waals surface area contributed by atoms with E-state index in [1.165, 1.54) is 19.2 Å². The summed E-state index contributed by atoms with van der Waals surface area (Å²) in [6.45, 7) is 0. The topological polar surface area (TPSA) is 70.3 Å². The normalized spacial score (nSPS) is 8.92. The second-order valence-corrected chi connectivity index (χ2v) is 2.34. The molecule has 1 rings (SSSR count). The van der Waals surface area contributed by atoms with Crippen LogP contribution in [-0.4, -0.2) is 18.5 Å². The van der Waals surface area contributed by atoms with Crippen molar-refractivity contribution in [3.05, 3.63) is 23.3 Å². The Morgan fingerprint density at radius 1 is 1.62 bits per heavy atom. The summed E-state index contributed by atoms with van der Waals surface area (Å²) >= 11 is 0. The largest absolute Gasteiger partial charge is 0.507 e. The molecule has 1 aromatic carbocycles. The number of benzene rings is 1. The number of nitriles is 1. The molecule has 0 unspecified atom stereocenters. The lowest BCUT2D eigenvalue weighted by Crippen LogP contribution is -1.90. The highest BCUT2D eigenvalue weighted by Crippen LogP contribution is 2.26. The highest BCUT2D eigenvalue weighted by Gasteiger charge is 2.08. The molecule has 0 saturated heterocycles. The van der Waals surface area contributed by atoms with Crippen LogP contribution in [0.5, 0.6) is 11.5 Å². The van der Waals surface area contributed by atoms with Crippen molar-refractivity contribution >= 4 is 6.29 Å². The van der Waals surface area contributed by atoms with Gasteiger partial charge in [-0.05, 0) is 6.07 Å².